The maximum atomic E-state index is 6.50. The van der Waals surface area contributed by atoms with Gasteiger partial charge in [-0.25, -0.2) is 0 Å². The normalized spacial score (nSPS) is 12.8. The van der Waals surface area contributed by atoms with Crippen molar-refractivity contribution in [3.05, 3.63) is 57.5 Å². The van der Waals surface area contributed by atoms with Gasteiger partial charge in [0.05, 0.1) is 5.38 Å². The van der Waals surface area contributed by atoms with Crippen molar-refractivity contribution in [2.24, 2.45) is 0 Å². The zero-order valence-electron chi connectivity index (χ0n) is 10.1. The van der Waals surface area contributed by atoms with E-state index >= 15 is 0 Å². The van der Waals surface area contributed by atoms with E-state index in [0.717, 1.165) is 33.2 Å². The van der Waals surface area contributed by atoms with Crippen LogP contribution in [0.1, 0.15) is 33.6 Å². The molecule has 0 saturated heterocycles. The molecule has 0 aliphatic heterocycles. The van der Waals surface area contributed by atoms with Crippen LogP contribution in [-0.2, 0) is 0 Å². The predicted octanol–water partition coefficient (Wildman–Crippen LogP) is 5.19. The molecule has 1 nitrogen and oxygen atoms in total. The zero-order valence-corrected chi connectivity index (χ0v) is 11.6. The quantitative estimate of drug-likeness (QED) is 0.684. The van der Waals surface area contributed by atoms with Crippen LogP contribution in [0.3, 0.4) is 0 Å². The molecule has 0 aliphatic rings. The van der Waals surface area contributed by atoms with E-state index in [1.807, 2.05) is 45.0 Å². The molecule has 1 unspecified atom stereocenters. The SMILES string of the molecule is Cc1oc(C)c(C(Cl)c2ccc(Cl)cc2)c1C. The van der Waals surface area contributed by atoms with Gasteiger partial charge in [-0.3, -0.25) is 0 Å². The zero-order chi connectivity index (χ0) is 12.6. The van der Waals surface area contributed by atoms with Crippen LogP contribution in [0.25, 0.3) is 0 Å². The van der Waals surface area contributed by atoms with Crippen LogP contribution in [0.4, 0.5) is 0 Å². The second-order valence-electron chi connectivity index (χ2n) is 4.17. The van der Waals surface area contributed by atoms with E-state index in [1.165, 1.54) is 0 Å². The molecular formula is C14H14Cl2O. The standard InChI is InChI=1S/C14H14Cl2O/c1-8-9(2)17-10(3)13(8)14(16)11-4-6-12(15)7-5-11/h4-7,14H,1-3H3. The van der Waals surface area contributed by atoms with Gasteiger partial charge in [-0.15, -0.1) is 11.6 Å². The number of benzene rings is 1. The number of hydrogen-bond donors (Lipinski definition) is 0. The van der Waals surface area contributed by atoms with Gasteiger partial charge in [0, 0.05) is 10.6 Å². The van der Waals surface area contributed by atoms with Crippen molar-refractivity contribution in [3.63, 3.8) is 0 Å². The van der Waals surface area contributed by atoms with E-state index in [1.54, 1.807) is 0 Å². The summed E-state index contributed by atoms with van der Waals surface area (Å²) in [5.41, 5.74) is 3.21. The lowest BCUT2D eigenvalue weighted by Crippen LogP contribution is -1.95. The van der Waals surface area contributed by atoms with Crippen LogP contribution in [-0.4, -0.2) is 0 Å². The number of hydrogen-bond acceptors (Lipinski definition) is 1. The first kappa shape index (κ1) is 12.5. The minimum Gasteiger partial charge on any atom is -0.466 e. The molecule has 0 amide bonds. The number of aryl methyl sites for hydroxylation is 2. The average molecular weight is 269 g/mol. The lowest BCUT2D eigenvalue weighted by atomic mass is 10.0. The highest BCUT2D eigenvalue weighted by molar-refractivity contribution is 6.30. The molecule has 2 rings (SSSR count). The molecule has 90 valence electrons. The summed E-state index contributed by atoms with van der Waals surface area (Å²) in [4.78, 5) is 0. The molecule has 2 aromatic rings. The summed E-state index contributed by atoms with van der Waals surface area (Å²) in [7, 11) is 0. The first-order valence-corrected chi connectivity index (χ1v) is 6.28. The number of furan rings is 1. The first-order valence-electron chi connectivity index (χ1n) is 5.46. The smallest absolute Gasteiger partial charge is 0.106 e. The summed E-state index contributed by atoms with van der Waals surface area (Å²) in [5, 5.41) is 0.527. The van der Waals surface area contributed by atoms with Crippen molar-refractivity contribution in [1.29, 1.82) is 0 Å². The number of rotatable bonds is 2. The largest absolute Gasteiger partial charge is 0.466 e. The number of alkyl halides is 1. The first-order chi connectivity index (χ1) is 8.00. The Hall–Kier alpha value is -0.920. The fourth-order valence-corrected chi connectivity index (χ4v) is 2.57. The Kier molecular flexibility index (Phi) is 3.50. The van der Waals surface area contributed by atoms with Crippen molar-refractivity contribution in [1.82, 2.24) is 0 Å². The van der Waals surface area contributed by atoms with Gasteiger partial charge in [-0.1, -0.05) is 23.7 Å². The fourth-order valence-electron chi connectivity index (χ4n) is 1.98. The minimum atomic E-state index is -0.190. The van der Waals surface area contributed by atoms with Gasteiger partial charge < -0.3 is 4.42 Å². The van der Waals surface area contributed by atoms with Gasteiger partial charge >= 0.3 is 0 Å². The van der Waals surface area contributed by atoms with E-state index in [0.29, 0.717) is 0 Å². The van der Waals surface area contributed by atoms with E-state index in [2.05, 4.69) is 0 Å². The summed E-state index contributed by atoms with van der Waals surface area (Å²) < 4.78 is 5.60. The van der Waals surface area contributed by atoms with Crippen LogP contribution in [0, 0.1) is 20.8 Å². The summed E-state index contributed by atoms with van der Waals surface area (Å²) in [5.74, 6) is 1.81. The molecule has 0 aliphatic carbocycles. The second-order valence-corrected chi connectivity index (χ2v) is 5.04. The van der Waals surface area contributed by atoms with E-state index in [9.17, 15) is 0 Å². The molecular weight excluding hydrogens is 255 g/mol. The van der Waals surface area contributed by atoms with Crippen LogP contribution in [0.5, 0.6) is 0 Å². The Morgan fingerprint density at radius 2 is 1.59 bits per heavy atom. The minimum absolute atomic E-state index is 0.190. The Morgan fingerprint density at radius 1 is 1.00 bits per heavy atom. The molecule has 1 aromatic carbocycles. The van der Waals surface area contributed by atoms with Gasteiger partial charge in [0.2, 0.25) is 0 Å². The lowest BCUT2D eigenvalue weighted by Gasteiger charge is -2.10. The molecule has 0 N–H and O–H groups in total. The maximum absolute atomic E-state index is 6.50. The summed E-state index contributed by atoms with van der Waals surface area (Å²) in [6.07, 6.45) is 0. The summed E-state index contributed by atoms with van der Waals surface area (Å²) in [6.45, 7) is 5.93. The third kappa shape index (κ3) is 2.36. The Bertz CT molecular complexity index is 526. The molecule has 3 heteroatoms. The van der Waals surface area contributed by atoms with Crippen molar-refractivity contribution >= 4 is 23.2 Å². The molecule has 0 saturated carbocycles. The Morgan fingerprint density at radius 3 is 2.06 bits per heavy atom. The maximum Gasteiger partial charge on any atom is 0.106 e. The monoisotopic (exact) mass is 268 g/mol. The van der Waals surface area contributed by atoms with Crippen LogP contribution in [0.2, 0.25) is 5.02 Å². The van der Waals surface area contributed by atoms with Gasteiger partial charge in [0.15, 0.2) is 0 Å². The molecule has 0 spiro atoms. The Balaban J connectivity index is 2.43. The van der Waals surface area contributed by atoms with Crippen molar-refractivity contribution < 1.29 is 4.42 Å². The second kappa shape index (κ2) is 4.75. The van der Waals surface area contributed by atoms with Crippen molar-refractivity contribution in [2.45, 2.75) is 26.1 Å². The van der Waals surface area contributed by atoms with E-state index in [4.69, 9.17) is 27.6 Å². The highest BCUT2D eigenvalue weighted by atomic mass is 35.5. The van der Waals surface area contributed by atoms with Gasteiger partial charge in [0.1, 0.15) is 11.5 Å². The van der Waals surface area contributed by atoms with Crippen molar-refractivity contribution in [3.8, 4) is 0 Å². The third-order valence-electron chi connectivity index (χ3n) is 3.03. The van der Waals surface area contributed by atoms with Crippen LogP contribution < -0.4 is 0 Å². The molecule has 1 aromatic heterocycles. The van der Waals surface area contributed by atoms with Crippen LogP contribution in [0.15, 0.2) is 28.7 Å². The molecule has 0 bridgehead atoms. The molecule has 1 atom stereocenters. The van der Waals surface area contributed by atoms with E-state index < -0.39 is 0 Å². The fraction of sp³-hybridized carbons (Fsp3) is 0.286. The molecule has 1 heterocycles. The van der Waals surface area contributed by atoms with E-state index in [-0.39, 0.29) is 5.38 Å². The highest BCUT2D eigenvalue weighted by Crippen LogP contribution is 2.36. The topological polar surface area (TPSA) is 13.1 Å². The van der Waals surface area contributed by atoms with Gasteiger partial charge in [-0.2, -0.15) is 0 Å². The highest BCUT2D eigenvalue weighted by Gasteiger charge is 2.20. The lowest BCUT2D eigenvalue weighted by molar-refractivity contribution is 0.500. The predicted molar refractivity (Wildman–Crippen MR) is 72.1 cm³/mol. The average Bonchev–Trinajstić information content (AvgIpc) is 2.53. The Labute approximate surface area is 111 Å². The van der Waals surface area contributed by atoms with Gasteiger partial charge in [-0.05, 0) is 44.0 Å². The summed E-state index contributed by atoms with van der Waals surface area (Å²) >= 11 is 12.4. The molecule has 0 radical (unpaired) electrons. The third-order valence-corrected chi connectivity index (χ3v) is 3.76. The summed E-state index contributed by atoms with van der Waals surface area (Å²) in [6, 6.07) is 7.59. The molecule has 0 fully saturated rings. The van der Waals surface area contributed by atoms with Crippen LogP contribution >= 0.6 is 23.2 Å². The van der Waals surface area contributed by atoms with Crippen molar-refractivity contribution in [2.75, 3.05) is 0 Å². The number of halogens is 2. The van der Waals surface area contributed by atoms with Gasteiger partial charge in [0.25, 0.3) is 0 Å². The molecule has 17 heavy (non-hydrogen) atoms.